The number of nitrogens with one attached hydrogen (secondary N) is 6. The Kier molecular flexibility index (Phi) is 25.4. The van der Waals surface area contributed by atoms with Gasteiger partial charge in [-0.3, -0.25) is 18.7 Å². The number of benzene rings is 4. The number of anilines is 8. The Hall–Kier alpha value is -7.42. The number of carbonyl (C=O) groups is 2. The van der Waals surface area contributed by atoms with E-state index in [-0.39, 0.29) is 97.2 Å². The number of rotatable bonds is 26. The standard InChI is InChI=1S/2C31H39F3N5O6P/c2*1-5-44-46(42,45-6-2)18-19-7-13-26(27(15-19)43-4)38-30-36-17-24(31(32,33)34)28(39-30)37-25-14-10-21(16-23(25)29(41)35-3)20-8-11-22(40)12-9-20/h2*7,10,13-17,20,22,40H,5-6,8-9,11-12,18H2,1-4H3,(H,35,41)(H2,36,37,38,39). The minimum absolute atomic E-state index is 0.00860. The van der Waals surface area contributed by atoms with Gasteiger partial charge in [0.2, 0.25) is 11.9 Å². The van der Waals surface area contributed by atoms with Crippen LogP contribution in [0.3, 0.4) is 0 Å². The van der Waals surface area contributed by atoms with Crippen LogP contribution in [0.25, 0.3) is 0 Å². The van der Waals surface area contributed by atoms with E-state index in [0.29, 0.717) is 72.1 Å². The van der Waals surface area contributed by atoms with E-state index < -0.39 is 62.1 Å². The molecule has 8 N–H and O–H groups in total. The lowest BCUT2D eigenvalue weighted by Gasteiger charge is -2.26. The molecule has 0 atom stereocenters. The number of aromatic nitrogens is 4. The van der Waals surface area contributed by atoms with Gasteiger partial charge < -0.3 is 69.7 Å². The number of carbonyl (C=O) groups excluding carboxylic acids is 2. The van der Waals surface area contributed by atoms with E-state index in [9.17, 15) is 55.3 Å². The number of aliphatic hydroxyl groups is 2. The third-order valence-corrected chi connectivity index (χ3v) is 19.3. The van der Waals surface area contributed by atoms with Crippen LogP contribution < -0.4 is 41.4 Å². The van der Waals surface area contributed by atoms with Crippen molar-refractivity contribution in [3.05, 3.63) is 130 Å². The second-order valence-electron chi connectivity index (χ2n) is 21.5. The van der Waals surface area contributed by atoms with E-state index in [2.05, 4.69) is 51.8 Å². The van der Waals surface area contributed by atoms with Gasteiger partial charge in [0.1, 0.15) is 34.3 Å². The zero-order chi connectivity index (χ0) is 67.0. The lowest BCUT2D eigenvalue weighted by molar-refractivity contribution is -0.138. The van der Waals surface area contributed by atoms with Crippen molar-refractivity contribution >= 4 is 73.3 Å². The van der Waals surface area contributed by atoms with E-state index in [1.54, 1.807) is 100 Å². The summed E-state index contributed by atoms with van der Waals surface area (Å²) in [5.74, 6) is -1.60. The van der Waals surface area contributed by atoms with Crippen molar-refractivity contribution in [2.45, 2.75) is 128 Å². The SMILES string of the molecule is CCOP(=O)(Cc1ccc(Nc2ncc(C(F)(F)F)c(Nc3ccc(C4CCC(O)CC4)cc3C(=O)NC)n2)c(OC)c1)OCC.CCOP(=O)(Cc1ccc(Nc2ncc(C(F)(F)F)c(Nc3ccc(C4CCC(O)CC4)cc3C(=O)NC)n2)c(OC)c1)OCC. The number of ether oxygens (including phenoxy) is 2. The second-order valence-corrected chi connectivity index (χ2v) is 25.6. The molecule has 22 nitrogen and oxygen atoms in total. The Labute approximate surface area is 529 Å². The molecular formula is C62H78F6N10O12P2. The van der Waals surface area contributed by atoms with E-state index in [4.69, 9.17) is 27.6 Å². The van der Waals surface area contributed by atoms with Crippen LogP contribution in [-0.2, 0) is 51.9 Å². The Balaban J connectivity index is 0.000000261. The van der Waals surface area contributed by atoms with Crippen LogP contribution >= 0.6 is 15.2 Å². The number of hydrogen-bond donors (Lipinski definition) is 8. The molecule has 8 rings (SSSR count). The second kappa shape index (κ2) is 32.4. The highest BCUT2D eigenvalue weighted by molar-refractivity contribution is 7.53. The van der Waals surface area contributed by atoms with Crippen LogP contribution in [0.15, 0.2) is 85.2 Å². The summed E-state index contributed by atoms with van der Waals surface area (Å²) in [7, 11) is -1.09. The van der Waals surface area contributed by atoms with Gasteiger partial charge in [-0.2, -0.15) is 36.3 Å². The number of nitrogens with zero attached hydrogens (tertiary/aromatic N) is 4. The van der Waals surface area contributed by atoms with Crippen molar-refractivity contribution < 1.29 is 82.8 Å². The summed E-state index contributed by atoms with van der Waals surface area (Å²) < 4.78 is 143. The summed E-state index contributed by atoms with van der Waals surface area (Å²) in [6.07, 6.45) is -3.50. The molecule has 2 aromatic heterocycles. The molecular weight excluding hydrogens is 1250 g/mol. The highest BCUT2D eigenvalue weighted by Gasteiger charge is 2.38. The molecule has 2 saturated carbocycles. The normalized spacial score (nSPS) is 17.0. The molecule has 92 heavy (non-hydrogen) atoms. The number of halogens is 6. The zero-order valence-electron chi connectivity index (χ0n) is 52.2. The van der Waals surface area contributed by atoms with Gasteiger partial charge in [-0.1, -0.05) is 24.3 Å². The quantitative estimate of drug-likeness (QED) is 0.0185. The molecule has 2 amide bonds. The van der Waals surface area contributed by atoms with Gasteiger partial charge in [0, 0.05) is 26.5 Å². The summed E-state index contributed by atoms with van der Waals surface area (Å²) >= 11 is 0. The molecule has 0 saturated heterocycles. The molecule has 6 aromatic rings. The maximum absolute atomic E-state index is 14.1. The van der Waals surface area contributed by atoms with E-state index in [1.165, 1.54) is 28.3 Å². The van der Waals surface area contributed by atoms with Crippen LogP contribution in [0.5, 0.6) is 11.5 Å². The molecule has 0 aliphatic heterocycles. The summed E-state index contributed by atoms with van der Waals surface area (Å²) in [6, 6.07) is 19.7. The highest BCUT2D eigenvalue weighted by atomic mass is 31.2. The third kappa shape index (κ3) is 19.3. The molecule has 30 heteroatoms. The highest BCUT2D eigenvalue weighted by Crippen LogP contribution is 2.53. The largest absolute Gasteiger partial charge is 0.495 e. The average Bonchev–Trinajstić information content (AvgIpc) is 0.943. The summed E-state index contributed by atoms with van der Waals surface area (Å²) in [5, 5.41) is 36.0. The predicted molar refractivity (Wildman–Crippen MR) is 336 cm³/mol. The van der Waals surface area contributed by atoms with Gasteiger partial charge in [-0.15, -0.1) is 0 Å². The first-order valence-corrected chi connectivity index (χ1v) is 33.4. The molecule has 0 unspecified atom stereocenters. The van der Waals surface area contributed by atoms with Crippen LogP contribution in [0.1, 0.15) is 145 Å². The molecule has 500 valence electrons. The molecule has 4 aromatic carbocycles. The van der Waals surface area contributed by atoms with Gasteiger partial charge in [0.05, 0.1) is 99.1 Å². The number of hydrogen-bond acceptors (Lipinski definition) is 20. The fourth-order valence-electron chi connectivity index (χ4n) is 10.7. The summed E-state index contributed by atoms with van der Waals surface area (Å²) in [4.78, 5) is 41.7. The smallest absolute Gasteiger partial charge is 0.421 e. The number of aliphatic hydroxyl groups excluding tert-OH is 2. The Morgan fingerprint density at radius 2 is 0.848 bits per heavy atom. The fourth-order valence-corrected chi connectivity index (χ4v) is 14.0. The van der Waals surface area contributed by atoms with Crippen LogP contribution in [0.2, 0.25) is 0 Å². The Morgan fingerprint density at radius 1 is 0.511 bits per heavy atom. The maximum Gasteiger partial charge on any atom is 0.421 e. The van der Waals surface area contributed by atoms with Gasteiger partial charge >= 0.3 is 27.5 Å². The van der Waals surface area contributed by atoms with Crippen molar-refractivity contribution in [3.8, 4) is 11.5 Å². The maximum atomic E-state index is 14.1. The van der Waals surface area contributed by atoms with Crippen LogP contribution in [0.4, 0.5) is 72.6 Å². The fraction of sp³-hybridized carbons (Fsp3) is 0.452. The topological polar surface area (TPSA) is 288 Å². The molecule has 2 aliphatic rings. The van der Waals surface area contributed by atoms with Gasteiger partial charge in [-0.25, -0.2) is 9.97 Å². The minimum Gasteiger partial charge on any atom is -0.495 e. The molecule has 0 radical (unpaired) electrons. The van der Waals surface area contributed by atoms with E-state index in [0.717, 1.165) is 36.8 Å². The molecule has 0 bridgehead atoms. The third-order valence-electron chi connectivity index (χ3n) is 15.1. The first kappa shape index (κ1) is 72.0. The summed E-state index contributed by atoms with van der Waals surface area (Å²) in [5.41, 5.74) is 1.91. The van der Waals surface area contributed by atoms with Crippen LogP contribution in [0, 0.1) is 0 Å². The van der Waals surface area contributed by atoms with E-state index >= 15 is 0 Å². The van der Waals surface area contributed by atoms with Crippen molar-refractivity contribution in [1.29, 1.82) is 0 Å². The van der Waals surface area contributed by atoms with Crippen molar-refractivity contribution in [3.63, 3.8) is 0 Å². The van der Waals surface area contributed by atoms with Crippen molar-refractivity contribution in [2.24, 2.45) is 0 Å². The lowest BCUT2D eigenvalue weighted by atomic mass is 9.82. The van der Waals surface area contributed by atoms with E-state index in [1.807, 2.05) is 0 Å². The number of amides is 2. The van der Waals surface area contributed by atoms with Gasteiger partial charge in [0.25, 0.3) is 11.8 Å². The predicted octanol–water partition coefficient (Wildman–Crippen LogP) is 14.3. The van der Waals surface area contributed by atoms with Crippen molar-refractivity contribution in [2.75, 3.05) is 76.0 Å². The summed E-state index contributed by atoms with van der Waals surface area (Å²) in [6.45, 7) is 7.67. The van der Waals surface area contributed by atoms with Gasteiger partial charge in [-0.05, 0) is 162 Å². The van der Waals surface area contributed by atoms with Crippen molar-refractivity contribution in [1.82, 2.24) is 30.6 Å². The molecule has 0 spiro atoms. The van der Waals surface area contributed by atoms with Gasteiger partial charge in [0.15, 0.2) is 0 Å². The first-order chi connectivity index (χ1) is 43.8. The monoisotopic (exact) mass is 1330 g/mol. The molecule has 2 heterocycles. The molecule has 2 aliphatic carbocycles. The minimum atomic E-state index is -4.80. The first-order valence-electron chi connectivity index (χ1n) is 29.9. The Bertz CT molecular complexity index is 3340. The lowest BCUT2D eigenvalue weighted by Crippen LogP contribution is -2.21. The number of methoxy groups -OCH3 is 2. The Morgan fingerprint density at radius 3 is 1.15 bits per heavy atom. The molecule has 2 fully saturated rings. The average molecular weight is 1330 g/mol. The number of alkyl halides is 6. The van der Waals surface area contributed by atoms with Crippen LogP contribution in [-0.4, -0.2) is 109 Å². The zero-order valence-corrected chi connectivity index (χ0v) is 54.0.